The molecule has 1 unspecified atom stereocenters. The molecule has 0 fully saturated rings. The number of aryl methyl sites for hydroxylation is 2. The molecule has 1 aliphatic rings. The van der Waals surface area contributed by atoms with E-state index >= 15 is 0 Å². The molecule has 0 saturated heterocycles. The summed E-state index contributed by atoms with van der Waals surface area (Å²) in [6.07, 6.45) is 0.130. The van der Waals surface area contributed by atoms with Crippen molar-refractivity contribution in [3.05, 3.63) is 52.7 Å². The van der Waals surface area contributed by atoms with Crippen molar-refractivity contribution < 1.29 is 14.3 Å². The minimum absolute atomic E-state index is 0.147. The lowest BCUT2D eigenvalue weighted by atomic mass is 10.1. The molecule has 136 valence electrons. The monoisotopic (exact) mass is 356 g/mol. The van der Waals surface area contributed by atoms with Crippen molar-refractivity contribution in [3.8, 4) is 0 Å². The van der Waals surface area contributed by atoms with E-state index in [1.807, 2.05) is 23.7 Å². The van der Waals surface area contributed by atoms with Crippen LogP contribution in [0, 0.1) is 12.7 Å². The zero-order valence-electron chi connectivity index (χ0n) is 14.8. The third kappa shape index (κ3) is 2.68. The minimum Gasteiger partial charge on any atom is -0.387 e. The Balaban J connectivity index is 1.68. The molecule has 1 aromatic carbocycles. The third-order valence-corrected chi connectivity index (χ3v) is 5.00. The van der Waals surface area contributed by atoms with E-state index in [2.05, 4.69) is 10.1 Å². The summed E-state index contributed by atoms with van der Waals surface area (Å²) in [5, 5.41) is 14.9. The molecule has 7 heteroatoms. The van der Waals surface area contributed by atoms with Gasteiger partial charge in [-0.25, -0.2) is 4.39 Å². The van der Waals surface area contributed by atoms with Gasteiger partial charge in [0, 0.05) is 18.5 Å². The lowest BCUT2D eigenvalue weighted by molar-refractivity contribution is 0.0740. The van der Waals surface area contributed by atoms with Crippen molar-refractivity contribution in [3.63, 3.8) is 0 Å². The molecule has 26 heavy (non-hydrogen) atoms. The van der Waals surface area contributed by atoms with Gasteiger partial charge in [-0.3, -0.25) is 9.48 Å². The van der Waals surface area contributed by atoms with Crippen molar-refractivity contribution in [2.75, 3.05) is 6.54 Å². The number of hydrogen-bond acceptors (Lipinski definition) is 3. The van der Waals surface area contributed by atoms with Crippen LogP contribution in [0.25, 0.3) is 10.9 Å². The quantitative estimate of drug-likeness (QED) is 0.741. The van der Waals surface area contributed by atoms with Crippen LogP contribution in [-0.4, -0.2) is 37.2 Å². The summed E-state index contributed by atoms with van der Waals surface area (Å²) in [6, 6.07) is 6.69. The number of rotatable bonds is 2. The first-order valence-electron chi connectivity index (χ1n) is 8.76. The van der Waals surface area contributed by atoms with Crippen LogP contribution in [0.1, 0.15) is 46.9 Å². The maximum Gasteiger partial charge on any atom is 0.270 e. The summed E-state index contributed by atoms with van der Waals surface area (Å²) >= 11 is 0. The summed E-state index contributed by atoms with van der Waals surface area (Å²) in [7, 11) is 0. The Hall–Kier alpha value is -2.67. The van der Waals surface area contributed by atoms with Gasteiger partial charge >= 0.3 is 0 Å². The van der Waals surface area contributed by atoms with Crippen LogP contribution >= 0.6 is 0 Å². The number of aromatic amines is 1. The number of benzene rings is 1. The van der Waals surface area contributed by atoms with Gasteiger partial charge in [0.25, 0.3) is 5.91 Å². The average Bonchev–Trinajstić information content (AvgIpc) is 3.10. The number of carbonyl (C=O) groups is 1. The Kier molecular flexibility index (Phi) is 4.03. The second-order valence-electron chi connectivity index (χ2n) is 6.83. The van der Waals surface area contributed by atoms with Gasteiger partial charge in [-0.1, -0.05) is 12.1 Å². The van der Waals surface area contributed by atoms with E-state index in [9.17, 15) is 14.3 Å². The zero-order chi connectivity index (χ0) is 18.4. The minimum atomic E-state index is -0.641. The number of nitrogens with zero attached hydrogens (tertiary/aromatic N) is 3. The first kappa shape index (κ1) is 16.8. The molecular weight excluding hydrogens is 335 g/mol. The molecule has 6 nitrogen and oxygen atoms in total. The molecular formula is C19H21FN4O2. The summed E-state index contributed by atoms with van der Waals surface area (Å²) in [5.74, 6) is -0.508. The van der Waals surface area contributed by atoms with E-state index < -0.39 is 6.10 Å². The Morgan fingerprint density at radius 2 is 2.19 bits per heavy atom. The summed E-state index contributed by atoms with van der Waals surface area (Å²) in [5.41, 5.74) is 3.05. The van der Waals surface area contributed by atoms with E-state index in [0.29, 0.717) is 36.5 Å². The average molecular weight is 356 g/mol. The van der Waals surface area contributed by atoms with Gasteiger partial charge in [0.05, 0.1) is 29.6 Å². The van der Waals surface area contributed by atoms with E-state index in [4.69, 9.17) is 0 Å². The SMILES string of the molecule is Cc1c(C(=O)N2CCCn3nc(C(C)O)cc3C2)[nH]c2c(F)cccc12. The number of H-pyrrole nitrogens is 1. The van der Waals surface area contributed by atoms with Crippen molar-refractivity contribution >= 4 is 16.8 Å². The van der Waals surface area contributed by atoms with Gasteiger partial charge in [-0.15, -0.1) is 0 Å². The number of halogens is 1. The van der Waals surface area contributed by atoms with Crippen LogP contribution < -0.4 is 0 Å². The predicted molar refractivity (Wildman–Crippen MR) is 95.2 cm³/mol. The van der Waals surface area contributed by atoms with Gasteiger partial charge in [0.15, 0.2) is 0 Å². The number of nitrogens with one attached hydrogen (secondary N) is 1. The number of aromatic nitrogens is 3. The molecule has 0 radical (unpaired) electrons. The summed E-state index contributed by atoms with van der Waals surface area (Å²) in [6.45, 7) is 5.22. The molecule has 3 aromatic rings. The zero-order valence-corrected chi connectivity index (χ0v) is 14.8. The number of hydrogen-bond donors (Lipinski definition) is 2. The fraction of sp³-hybridized carbons (Fsp3) is 0.368. The van der Waals surface area contributed by atoms with Crippen molar-refractivity contribution in [2.45, 2.75) is 39.5 Å². The van der Waals surface area contributed by atoms with Crippen LogP contribution in [0.4, 0.5) is 4.39 Å². The maximum absolute atomic E-state index is 14.0. The van der Waals surface area contributed by atoms with E-state index in [1.54, 1.807) is 17.9 Å². The number of fused-ring (bicyclic) bond motifs is 2. The second kappa shape index (κ2) is 6.25. The first-order chi connectivity index (χ1) is 12.5. The fourth-order valence-corrected chi connectivity index (χ4v) is 3.55. The number of para-hydroxylation sites is 1. The molecule has 2 aromatic heterocycles. The van der Waals surface area contributed by atoms with Crippen LogP contribution in [0.5, 0.6) is 0 Å². The smallest absolute Gasteiger partial charge is 0.270 e. The third-order valence-electron chi connectivity index (χ3n) is 5.00. The standard InChI is InChI=1S/C19H21FN4O2/c1-11-14-5-3-6-15(20)18(14)21-17(11)19(26)23-7-4-8-24-13(10-23)9-16(22-24)12(2)25/h3,5-6,9,12,21,25H,4,7-8,10H2,1-2H3. The van der Waals surface area contributed by atoms with Crippen molar-refractivity contribution in [1.29, 1.82) is 0 Å². The maximum atomic E-state index is 14.0. The lowest BCUT2D eigenvalue weighted by Crippen LogP contribution is -2.31. The van der Waals surface area contributed by atoms with E-state index in [1.165, 1.54) is 6.07 Å². The van der Waals surface area contributed by atoms with Gasteiger partial charge < -0.3 is 15.0 Å². The molecule has 2 N–H and O–H groups in total. The highest BCUT2D eigenvalue weighted by Crippen LogP contribution is 2.26. The van der Waals surface area contributed by atoms with Gasteiger partial charge in [0.2, 0.25) is 0 Å². The van der Waals surface area contributed by atoms with Crippen molar-refractivity contribution in [1.82, 2.24) is 19.7 Å². The Bertz CT molecular complexity index is 989. The number of aliphatic hydroxyl groups excluding tert-OH is 1. The van der Waals surface area contributed by atoms with Gasteiger partial charge in [0.1, 0.15) is 11.5 Å². The number of carbonyl (C=O) groups excluding carboxylic acids is 1. The van der Waals surface area contributed by atoms with E-state index in [-0.39, 0.29) is 11.7 Å². The van der Waals surface area contributed by atoms with Crippen molar-refractivity contribution in [2.24, 2.45) is 0 Å². The van der Waals surface area contributed by atoms with Crippen LogP contribution in [-0.2, 0) is 13.1 Å². The number of aliphatic hydroxyl groups is 1. The largest absolute Gasteiger partial charge is 0.387 e. The molecule has 0 aliphatic carbocycles. The molecule has 0 bridgehead atoms. The van der Waals surface area contributed by atoms with Gasteiger partial charge in [-0.2, -0.15) is 5.10 Å². The molecule has 4 rings (SSSR count). The van der Waals surface area contributed by atoms with Crippen LogP contribution in [0.3, 0.4) is 0 Å². The lowest BCUT2D eigenvalue weighted by Gasteiger charge is -2.19. The fourth-order valence-electron chi connectivity index (χ4n) is 3.55. The number of amides is 1. The summed E-state index contributed by atoms with van der Waals surface area (Å²) in [4.78, 5) is 17.8. The molecule has 0 saturated carbocycles. The Morgan fingerprint density at radius 1 is 1.38 bits per heavy atom. The molecule has 1 aliphatic heterocycles. The highest BCUT2D eigenvalue weighted by atomic mass is 19.1. The normalized spacial score (nSPS) is 15.8. The molecule has 3 heterocycles. The van der Waals surface area contributed by atoms with E-state index in [0.717, 1.165) is 23.1 Å². The summed E-state index contributed by atoms with van der Waals surface area (Å²) < 4.78 is 15.9. The van der Waals surface area contributed by atoms with Gasteiger partial charge in [-0.05, 0) is 38.0 Å². The second-order valence-corrected chi connectivity index (χ2v) is 6.83. The topological polar surface area (TPSA) is 74.2 Å². The Morgan fingerprint density at radius 3 is 2.92 bits per heavy atom. The highest BCUT2D eigenvalue weighted by molar-refractivity contribution is 6.01. The first-order valence-corrected chi connectivity index (χ1v) is 8.76. The predicted octanol–water partition coefficient (Wildman–Crippen LogP) is 2.91. The van der Waals surface area contributed by atoms with Crippen LogP contribution in [0.15, 0.2) is 24.3 Å². The Labute approximate surface area is 150 Å². The molecule has 1 atom stereocenters. The molecule has 1 amide bonds. The molecule has 0 spiro atoms. The van der Waals surface area contributed by atoms with Crippen LogP contribution in [0.2, 0.25) is 0 Å². The highest BCUT2D eigenvalue weighted by Gasteiger charge is 2.25.